The predicted molar refractivity (Wildman–Crippen MR) is 80.3 cm³/mol. The molecule has 1 aromatic carbocycles. The first kappa shape index (κ1) is 15.4. The van der Waals surface area contributed by atoms with Gasteiger partial charge in [0.15, 0.2) is 0 Å². The standard InChI is InChI=1S/C14H17N3O3S/c1-9(13(18)17(2)3)21-14-16-15-12(20-14)10-7-5-6-8-11(10)19-4/h5-9H,1-4H3. The number of aromatic nitrogens is 2. The molecule has 0 N–H and O–H groups in total. The molecule has 0 aliphatic carbocycles. The normalized spacial score (nSPS) is 12.0. The number of benzene rings is 1. The van der Waals surface area contributed by atoms with Crippen LogP contribution in [0.3, 0.4) is 0 Å². The second-order valence-electron chi connectivity index (χ2n) is 4.57. The Morgan fingerprint density at radius 3 is 2.71 bits per heavy atom. The molecule has 1 aromatic heterocycles. The molecule has 0 bridgehead atoms. The Labute approximate surface area is 127 Å². The van der Waals surface area contributed by atoms with Gasteiger partial charge in [-0.25, -0.2) is 0 Å². The number of hydrogen-bond acceptors (Lipinski definition) is 6. The Bertz CT molecular complexity index is 627. The third kappa shape index (κ3) is 3.55. The van der Waals surface area contributed by atoms with Crippen molar-refractivity contribution in [1.82, 2.24) is 15.1 Å². The van der Waals surface area contributed by atoms with E-state index in [0.717, 1.165) is 5.56 Å². The maximum atomic E-state index is 11.8. The minimum absolute atomic E-state index is 0.00274. The second-order valence-corrected chi connectivity index (χ2v) is 5.86. The third-order valence-electron chi connectivity index (χ3n) is 2.81. The minimum Gasteiger partial charge on any atom is -0.496 e. The van der Waals surface area contributed by atoms with Gasteiger partial charge in [-0.1, -0.05) is 23.9 Å². The van der Waals surface area contributed by atoms with Crippen molar-refractivity contribution in [2.75, 3.05) is 21.2 Å². The van der Waals surface area contributed by atoms with Crippen LogP contribution in [0.4, 0.5) is 0 Å². The quantitative estimate of drug-likeness (QED) is 0.790. The van der Waals surface area contributed by atoms with Gasteiger partial charge < -0.3 is 14.1 Å². The molecule has 0 aliphatic rings. The van der Waals surface area contributed by atoms with Crippen molar-refractivity contribution in [3.05, 3.63) is 24.3 Å². The van der Waals surface area contributed by atoms with E-state index >= 15 is 0 Å². The Hall–Kier alpha value is -2.02. The zero-order valence-corrected chi connectivity index (χ0v) is 13.2. The number of hydrogen-bond donors (Lipinski definition) is 0. The van der Waals surface area contributed by atoms with Crippen molar-refractivity contribution in [1.29, 1.82) is 0 Å². The molecule has 1 heterocycles. The third-order valence-corrected chi connectivity index (χ3v) is 3.73. The summed E-state index contributed by atoms with van der Waals surface area (Å²) >= 11 is 1.24. The predicted octanol–water partition coefficient (Wildman–Crippen LogP) is 2.31. The maximum absolute atomic E-state index is 11.8. The molecular weight excluding hydrogens is 290 g/mol. The number of carbonyl (C=O) groups is 1. The topological polar surface area (TPSA) is 68.5 Å². The summed E-state index contributed by atoms with van der Waals surface area (Å²) in [7, 11) is 5.02. The minimum atomic E-state index is -0.286. The number of para-hydroxylation sites is 1. The molecule has 1 unspecified atom stereocenters. The zero-order chi connectivity index (χ0) is 15.4. The smallest absolute Gasteiger partial charge is 0.277 e. The lowest BCUT2D eigenvalue weighted by Gasteiger charge is -2.14. The summed E-state index contributed by atoms with van der Waals surface area (Å²) < 4.78 is 10.9. The summed E-state index contributed by atoms with van der Waals surface area (Å²) in [6, 6.07) is 7.40. The van der Waals surface area contributed by atoms with Gasteiger partial charge in [0.05, 0.1) is 17.9 Å². The summed E-state index contributed by atoms with van der Waals surface area (Å²) in [5.41, 5.74) is 0.728. The van der Waals surface area contributed by atoms with E-state index in [9.17, 15) is 4.79 Å². The molecule has 21 heavy (non-hydrogen) atoms. The van der Waals surface area contributed by atoms with E-state index in [0.29, 0.717) is 16.9 Å². The van der Waals surface area contributed by atoms with Crippen molar-refractivity contribution in [2.24, 2.45) is 0 Å². The van der Waals surface area contributed by atoms with E-state index in [4.69, 9.17) is 9.15 Å². The van der Waals surface area contributed by atoms with Crippen molar-refractivity contribution in [3.63, 3.8) is 0 Å². The second kappa shape index (κ2) is 6.62. The number of carbonyl (C=O) groups excluding carboxylic acids is 1. The number of thioether (sulfide) groups is 1. The van der Waals surface area contributed by atoms with Crippen LogP contribution < -0.4 is 4.74 Å². The number of nitrogens with zero attached hydrogens (tertiary/aromatic N) is 3. The van der Waals surface area contributed by atoms with Crippen LogP contribution in [0.1, 0.15) is 6.92 Å². The maximum Gasteiger partial charge on any atom is 0.277 e. The molecule has 2 aromatic rings. The molecule has 0 saturated carbocycles. The van der Waals surface area contributed by atoms with Gasteiger partial charge in [0.2, 0.25) is 5.91 Å². The molecule has 0 aliphatic heterocycles. The van der Waals surface area contributed by atoms with Crippen molar-refractivity contribution in [2.45, 2.75) is 17.4 Å². The number of methoxy groups -OCH3 is 1. The first-order valence-corrected chi connectivity index (χ1v) is 7.25. The molecule has 7 heteroatoms. The van der Waals surface area contributed by atoms with Gasteiger partial charge in [-0.05, 0) is 19.1 Å². The monoisotopic (exact) mass is 307 g/mol. The van der Waals surface area contributed by atoms with Gasteiger partial charge in [0.25, 0.3) is 11.1 Å². The molecule has 0 radical (unpaired) electrons. The summed E-state index contributed by atoms with van der Waals surface area (Å²) in [5, 5.41) is 8.05. The summed E-state index contributed by atoms with van der Waals surface area (Å²) in [4.78, 5) is 13.4. The van der Waals surface area contributed by atoms with E-state index in [1.807, 2.05) is 24.3 Å². The van der Waals surface area contributed by atoms with Gasteiger partial charge in [-0.2, -0.15) is 0 Å². The summed E-state index contributed by atoms with van der Waals surface area (Å²) in [5.74, 6) is 1.03. The van der Waals surface area contributed by atoms with Gasteiger partial charge in [0, 0.05) is 14.1 Å². The molecule has 0 spiro atoms. The van der Waals surface area contributed by atoms with Gasteiger partial charge in [-0.3, -0.25) is 4.79 Å². The highest BCUT2D eigenvalue weighted by atomic mass is 32.2. The summed E-state index contributed by atoms with van der Waals surface area (Å²) in [6.07, 6.45) is 0. The molecule has 2 rings (SSSR count). The van der Waals surface area contributed by atoms with Gasteiger partial charge >= 0.3 is 0 Å². The Morgan fingerprint density at radius 1 is 1.33 bits per heavy atom. The van der Waals surface area contributed by atoms with Crippen LogP contribution in [0.25, 0.3) is 11.5 Å². The molecule has 0 saturated heterocycles. The fourth-order valence-corrected chi connectivity index (χ4v) is 2.58. The largest absolute Gasteiger partial charge is 0.496 e. The van der Waals surface area contributed by atoms with E-state index in [-0.39, 0.29) is 11.2 Å². The highest BCUT2D eigenvalue weighted by Gasteiger charge is 2.20. The van der Waals surface area contributed by atoms with E-state index in [2.05, 4.69) is 10.2 Å². The Balaban J connectivity index is 2.17. The molecule has 112 valence electrons. The number of ether oxygens (including phenoxy) is 1. The van der Waals surface area contributed by atoms with Gasteiger partial charge in [0.1, 0.15) is 5.75 Å². The lowest BCUT2D eigenvalue weighted by atomic mass is 10.2. The Kier molecular flexibility index (Phi) is 4.85. The van der Waals surface area contributed by atoms with Crippen molar-refractivity contribution < 1.29 is 13.9 Å². The highest BCUT2D eigenvalue weighted by Crippen LogP contribution is 2.31. The first-order chi connectivity index (χ1) is 10.0. The van der Waals surface area contributed by atoms with Gasteiger partial charge in [-0.15, -0.1) is 10.2 Å². The van der Waals surface area contributed by atoms with Crippen LogP contribution in [0.2, 0.25) is 0 Å². The number of rotatable bonds is 5. The van der Waals surface area contributed by atoms with Crippen molar-refractivity contribution >= 4 is 17.7 Å². The summed E-state index contributed by atoms with van der Waals surface area (Å²) in [6.45, 7) is 1.81. The van der Waals surface area contributed by atoms with Crippen LogP contribution >= 0.6 is 11.8 Å². The lowest BCUT2D eigenvalue weighted by molar-refractivity contribution is -0.127. The fraction of sp³-hybridized carbons (Fsp3) is 0.357. The average molecular weight is 307 g/mol. The van der Waals surface area contributed by atoms with Crippen LogP contribution in [-0.4, -0.2) is 47.5 Å². The zero-order valence-electron chi connectivity index (χ0n) is 12.4. The van der Waals surface area contributed by atoms with Crippen LogP contribution in [0.15, 0.2) is 33.9 Å². The molecule has 1 atom stereocenters. The van der Waals surface area contributed by atoms with Crippen LogP contribution in [0, 0.1) is 0 Å². The van der Waals surface area contributed by atoms with Crippen molar-refractivity contribution in [3.8, 4) is 17.2 Å². The average Bonchev–Trinajstić information content (AvgIpc) is 2.94. The van der Waals surface area contributed by atoms with E-state index in [1.54, 1.807) is 28.1 Å². The van der Waals surface area contributed by atoms with E-state index in [1.165, 1.54) is 16.7 Å². The molecule has 0 fully saturated rings. The molecule has 6 nitrogen and oxygen atoms in total. The molecular formula is C14H17N3O3S. The van der Waals surface area contributed by atoms with Crippen LogP contribution in [-0.2, 0) is 4.79 Å². The fourth-order valence-electron chi connectivity index (χ4n) is 1.75. The number of amides is 1. The van der Waals surface area contributed by atoms with Crippen LogP contribution in [0.5, 0.6) is 5.75 Å². The first-order valence-electron chi connectivity index (χ1n) is 6.37. The SMILES string of the molecule is COc1ccccc1-c1nnc(SC(C)C(=O)N(C)C)o1. The highest BCUT2D eigenvalue weighted by molar-refractivity contribution is 8.00. The van der Waals surface area contributed by atoms with E-state index < -0.39 is 0 Å². The molecule has 1 amide bonds. The Morgan fingerprint density at radius 2 is 2.05 bits per heavy atom. The lowest BCUT2D eigenvalue weighted by Crippen LogP contribution is -2.29.